The maximum atomic E-state index is 13.7. The third kappa shape index (κ3) is 4.62. The second-order valence-corrected chi connectivity index (χ2v) is 6.38. The van der Waals surface area contributed by atoms with Gasteiger partial charge in [-0.15, -0.1) is 0 Å². The maximum absolute atomic E-state index is 13.7. The molecular weight excluding hydrogens is 267 g/mol. The maximum Gasteiger partial charge on any atom is 0.178 e. The molecule has 1 N–H and O–H groups in total. The monoisotopic (exact) mass is 284 g/mol. The molecule has 0 radical (unpaired) electrons. The largest absolute Gasteiger partial charge is 0.310 e. The van der Waals surface area contributed by atoms with E-state index in [2.05, 4.69) is 5.32 Å². The Balaban J connectivity index is 2.76. The van der Waals surface area contributed by atoms with Crippen molar-refractivity contribution >= 4 is 9.84 Å². The van der Waals surface area contributed by atoms with Gasteiger partial charge in [0, 0.05) is 18.7 Å². The smallest absolute Gasteiger partial charge is 0.178 e. The molecule has 0 aliphatic rings. The van der Waals surface area contributed by atoms with Gasteiger partial charge in [0.25, 0.3) is 0 Å². The molecule has 1 rings (SSSR count). The number of halogens is 1. The van der Waals surface area contributed by atoms with Crippen LogP contribution in [0.5, 0.6) is 0 Å². The van der Waals surface area contributed by atoms with E-state index in [1.165, 1.54) is 12.1 Å². The summed E-state index contributed by atoms with van der Waals surface area (Å²) in [6, 6.07) is 6.07. The summed E-state index contributed by atoms with van der Waals surface area (Å²) < 4.78 is 36.3. The zero-order chi connectivity index (χ0) is 14.5. The van der Waals surface area contributed by atoms with Crippen molar-refractivity contribution in [3.63, 3.8) is 0 Å². The Kier molecular flexibility index (Phi) is 5.45. The molecular formula is C13H17FN2O2S. The molecule has 1 aromatic carbocycles. The Labute approximate surface area is 113 Å². The van der Waals surface area contributed by atoms with Crippen molar-refractivity contribution in [2.45, 2.75) is 30.7 Å². The molecule has 0 aliphatic carbocycles. The van der Waals surface area contributed by atoms with Crippen molar-refractivity contribution in [1.29, 1.82) is 5.26 Å². The van der Waals surface area contributed by atoms with Crippen LogP contribution in [0.2, 0.25) is 0 Å². The van der Waals surface area contributed by atoms with Crippen LogP contribution >= 0.6 is 0 Å². The van der Waals surface area contributed by atoms with E-state index in [0.29, 0.717) is 18.5 Å². The van der Waals surface area contributed by atoms with E-state index in [4.69, 9.17) is 5.26 Å². The molecule has 0 heterocycles. The predicted molar refractivity (Wildman–Crippen MR) is 70.8 cm³/mol. The van der Waals surface area contributed by atoms with Crippen LogP contribution in [0.3, 0.4) is 0 Å². The second-order valence-electron chi connectivity index (χ2n) is 4.40. The summed E-state index contributed by atoms with van der Waals surface area (Å²) >= 11 is 0. The molecule has 0 saturated heterocycles. The molecule has 0 aliphatic heterocycles. The lowest BCUT2D eigenvalue weighted by Gasteiger charge is -2.14. The van der Waals surface area contributed by atoms with Crippen LogP contribution in [0.1, 0.15) is 31.4 Å². The molecule has 0 aromatic heterocycles. The molecule has 0 bridgehead atoms. The minimum atomic E-state index is -3.53. The van der Waals surface area contributed by atoms with Crippen LogP contribution in [0, 0.1) is 17.1 Å². The third-order valence-electron chi connectivity index (χ3n) is 2.77. The molecule has 4 nitrogen and oxygen atoms in total. The first kappa shape index (κ1) is 15.6. The quantitative estimate of drug-likeness (QED) is 0.813. The summed E-state index contributed by atoms with van der Waals surface area (Å²) in [5.41, 5.74) is 0.682. The van der Waals surface area contributed by atoms with Crippen LogP contribution in [0.25, 0.3) is 0 Å². The molecule has 6 heteroatoms. The van der Waals surface area contributed by atoms with Crippen molar-refractivity contribution in [1.82, 2.24) is 5.32 Å². The van der Waals surface area contributed by atoms with Gasteiger partial charge in [-0.3, -0.25) is 0 Å². The summed E-state index contributed by atoms with van der Waals surface area (Å²) in [5.74, 6) is -0.731. The minimum absolute atomic E-state index is 0.0956. The standard InChI is InChI=1S/C13H17FN2O2S/c1-10(16-8-4-3-7-15)11-5-6-13(12(14)9-11)19(2,17)18/h5-6,9-10,16H,3-4,8H2,1-2H3/t10-/m0/s1. The normalized spacial score (nSPS) is 12.9. The predicted octanol–water partition coefficient (Wildman–Crippen LogP) is 2.18. The van der Waals surface area contributed by atoms with Crippen molar-refractivity contribution in [3.05, 3.63) is 29.6 Å². The molecule has 19 heavy (non-hydrogen) atoms. The van der Waals surface area contributed by atoms with Gasteiger partial charge in [0.1, 0.15) is 10.7 Å². The number of unbranched alkanes of at least 4 members (excludes halogenated alkanes) is 1. The summed E-state index contributed by atoms with van der Waals surface area (Å²) in [4.78, 5) is -0.284. The van der Waals surface area contributed by atoms with Crippen LogP contribution in [-0.2, 0) is 9.84 Å². The van der Waals surface area contributed by atoms with Crippen molar-refractivity contribution in [3.8, 4) is 6.07 Å². The van der Waals surface area contributed by atoms with Gasteiger partial charge in [-0.1, -0.05) is 6.07 Å². The highest BCUT2D eigenvalue weighted by atomic mass is 32.2. The number of benzene rings is 1. The zero-order valence-electron chi connectivity index (χ0n) is 11.0. The summed E-state index contributed by atoms with van der Waals surface area (Å²) in [6.45, 7) is 2.52. The van der Waals surface area contributed by atoms with E-state index in [1.54, 1.807) is 6.07 Å². The third-order valence-corrected chi connectivity index (χ3v) is 3.90. The van der Waals surface area contributed by atoms with Gasteiger partial charge in [0.2, 0.25) is 0 Å². The van der Waals surface area contributed by atoms with E-state index in [-0.39, 0.29) is 10.9 Å². The lowest BCUT2D eigenvalue weighted by atomic mass is 10.1. The fraction of sp³-hybridized carbons (Fsp3) is 0.462. The Morgan fingerprint density at radius 1 is 1.47 bits per heavy atom. The fourth-order valence-corrected chi connectivity index (χ4v) is 2.42. The van der Waals surface area contributed by atoms with Gasteiger partial charge in [0.15, 0.2) is 9.84 Å². The number of hydrogen-bond donors (Lipinski definition) is 1. The lowest BCUT2D eigenvalue weighted by molar-refractivity contribution is 0.545. The molecule has 1 atom stereocenters. The summed E-state index contributed by atoms with van der Waals surface area (Å²) in [5, 5.41) is 11.6. The minimum Gasteiger partial charge on any atom is -0.310 e. The van der Waals surface area contributed by atoms with Gasteiger partial charge in [-0.25, -0.2) is 12.8 Å². The van der Waals surface area contributed by atoms with E-state index in [0.717, 1.165) is 12.7 Å². The average Bonchev–Trinajstić information content (AvgIpc) is 2.32. The van der Waals surface area contributed by atoms with Gasteiger partial charge in [-0.2, -0.15) is 5.26 Å². The molecule has 0 amide bonds. The number of hydrogen-bond acceptors (Lipinski definition) is 4. The van der Waals surface area contributed by atoms with Crippen LogP contribution in [-0.4, -0.2) is 21.2 Å². The molecule has 0 saturated carbocycles. The number of nitrogens with zero attached hydrogens (tertiary/aromatic N) is 1. The van der Waals surface area contributed by atoms with Crippen LogP contribution in [0.15, 0.2) is 23.1 Å². The van der Waals surface area contributed by atoms with Crippen LogP contribution in [0.4, 0.5) is 4.39 Å². The van der Waals surface area contributed by atoms with Crippen molar-refractivity contribution < 1.29 is 12.8 Å². The Hall–Kier alpha value is -1.45. The first-order chi connectivity index (χ1) is 8.86. The second kappa shape index (κ2) is 6.64. The number of nitriles is 1. The summed E-state index contributed by atoms with van der Waals surface area (Å²) in [7, 11) is -3.53. The van der Waals surface area contributed by atoms with Gasteiger partial charge >= 0.3 is 0 Å². The highest BCUT2D eigenvalue weighted by molar-refractivity contribution is 7.90. The Morgan fingerprint density at radius 2 is 2.16 bits per heavy atom. The Bertz CT molecular complexity index is 579. The number of nitrogens with one attached hydrogen (secondary N) is 1. The van der Waals surface area contributed by atoms with E-state index >= 15 is 0 Å². The lowest BCUT2D eigenvalue weighted by Crippen LogP contribution is -2.20. The van der Waals surface area contributed by atoms with Gasteiger partial charge in [0.05, 0.1) is 6.07 Å². The van der Waals surface area contributed by atoms with E-state index in [9.17, 15) is 12.8 Å². The molecule has 0 unspecified atom stereocenters. The van der Waals surface area contributed by atoms with Gasteiger partial charge < -0.3 is 5.32 Å². The zero-order valence-corrected chi connectivity index (χ0v) is 11.8. The highest BCUT2D eigenvalue weighted by Gasteiger charge is 2.15. The number of sulfone groups is 1. The van der Waals surface area contributed by atoms with Gasteiger partial charge in [-0.05, 0) is 37.6 Å². The molecule has 1 aromatic rings. The Morgan fingerprint density at radius 3 is 2.68 bits per heavy atom. The molecule has 0 fully saturated rings. The van der Waals surface area contributed by atoms with Crippen LogP contribution < -0.4 is 5.32 Å². The fourth-order valence-electron chi connectivity index (χ4n) is 1.69. The first-order valence-electron chi connectivity index (χ1n) is 5.96. The summed E-state index contributed by atoms with van der Waals surface area (Å²) in [6.07, 6.45) is 2.18. The average molecular weight is 284 g/mol. The van der Waals surface area contributed by atoms with Crippen molar-refractivity contribution in [2.75, 3.05) is 12.8 Å². The molecule has 0 spiro atoms. The number of rotatable bonds is 6. The first-order valence-corrected chi connectivity index (χ1v) is 7.85. The van der Waals surface area contributed by atoms with E-state index in [1.807, 2.05) is 13.0 Å². The topological polar surface area (TPSA) is 70.0 Å². The highest BCUT2D eigenvalue weighted by Crippen LogP contribution is 2.20. The molecule has 104 valence electrons. The van der Waals surface area contributed by atoms with E-state index < -0.39 is 15.7 Å². The SMILES string of the molecule is C[C@H](NCCCC#N)c1ccc(S(C)(=O)=O)c(F)c1. The van der Waals surface area contributed by atoms with Crippen molar-refractivity contribution in [2.24, 2.45) is 0 Å².